The second-order valence-corrected chi connectivity index (χ2v) is 5.87. The number of benzene rings is 1. The molecule has 0 aliphatic heterocycles. The van der Waals surface area contributed by atoms with Crippen LogP contribution in [0.3, 0.4) is 0 Å². The Bertz CT molecular complexity index is 905. The third kappa shape index (κ3) is 3.68. The quantitative estimate of drug-likeness (QED) is 0.654. The lowest BCUT2D eigenvalue weighted by Gasteiger charge is -2.08. The molecule has 1 N–H and O–H groups in total. The molecule has 2 heterocycles. The number of hydrogen-bond acceptors (Lipinski definition) is 2. The fourth-order valence-corrected chi connectivity index (χ4v) is 2.69. The number of carbonyl (C=O) groups excluding carboxylic acids is 1. The van der Waals surface area contributed by atoms with Crippen molar-refractivity contribution in [3.05, 3.63) is 54.2 Å². The maximum Gasteiger partial charge on any atom is 0.225 e. The molecular weight excluding hydrogens is 324 g/mol. The molecule has 1 aromatic carbocycles. The molecule has 0 atom stereocenters. The minimum absolute atomic E-state index is 0.122. The summed E-state index contributed by atoms with van der Waals surface area (Å²) in [6, 6.07) is 9.02. The standard InChI is InChI=1S/C19H19F2N3O/c1-2-3-4-8-17(25)23-19-18(13-9-10-14(20)15(21)12-13)22-16-7-5-6-11-24(16)19/h5-7,9-12H,2-4,8H2,1H3,(H,23,25). The number of imidazole rings is 1. The van der Waals surface area contributed by atoms with Crippen molar-refractivity contribution in [2.24, 2.45) is 0 Å². The van der Waals surface area contributed by atoms with Gasteiger partial charge in [-0.25, -0.2) is 13.8 Å². The number of unbranched alkanes of at least 4 members (excludes halogenated alkanes) is 2. The lowest BCUT2D eigenvalue weighted by atomic mass is 10.1. The third-order valence-corrected chi connectivity index (χ3v) is 3.99. The molecule has 3 rings (SSSR count). The minimum atomic E-state index is -0.949. The van der Waals surface area contributed by atoms with Crippen molar-refractivity contribution >= 4 is 17.4 Å². The van der Waals surface area contributed by atoms with Gasteiger partial charge in [0.2, 0.25) is 5.91 Å². The molecule has 1 amide bonds. The van der Waals surface area contributed by atoms with Gasteiger partial charge in [0.1, 0.15) is 17.2 Å². The van der Waals surface area contributed by atoms with E-state index in [-0.39, 0.29) is 5.91 Å². The van der Waals surface area contributed by atoms with E-state index in [2.05, 4.69) is 17.2 Å². The zero-order valence-corrected chi connectivity index (χ0v) is 13.9. The highest BCUT2D eigenvalue weighted by Gasteiger charge is 2.17. The van der Waals surface area contributed by atoms with Gasteiger partial charge >= 0.3 is 0 Å². The number of rotatable bonds is 6. The van der Waals surface area contributed by atoms with E-state index < -0.39 is 11.6 Å². The molecule has 0 fully saturated rings. The van der Waals surface area contributed by atoms with E-state index >= 15 is 0 Å². The fourth-order valence-electron chi connectivity index (χ4n) is 2.69. The van der Waals surface area contributed by atoms with Crippen LogP contribution in [0.15, 0.2) is 42.6 Å². The van der Waals surface area contributed by atoms with Gasteiger partial charge in [0.15, 0.2) is 11.6 Å². The minimum Gasteiger partial charge on any atom is -0.310 e. The predicted octanol–water partition coefficient (Wildman–Crippen LogP) is 4.80. The average molecular weight is 343 g/mol. The summed E-state index contributed by atoms with van der Waals surface area (Å²) in [6.45, 7) is 2.07. The number of hydrogen-bond donors (Lipinski definition) is 1. The van der Waals surface area contributed by atoms with Crippen molar-refractivity contribution in [1.29, 1.82) is 0 Å². The van der Waals surface area contributed by atoms with Crippen LogP contribution in [0, 0.1) is 11.6 Å². The van der Waals surface area contributed by atoms with Crippen LogP contribution >= 0.6 is 0 Å². The highest BCUT2D eigenvalue weighted by Crippen LogP contribution is 2.30. The molecule has 130 valence electrons. The number of nitrogens with zero attached hydrogens (tertiary/aromatic N) is 2. The normalized spacial score (nSPS) is 11.0. The van der Waals surface area contributed by atoms with E-state index in [4.69, 9.17) is 0 Å². The van der Waals surface area contributed by atoms with Gasteiger partial charge in [0, 0.05) is 18.2 Å². The molecule has 4 nitrogen and oxygen atoms in total. The number of nitrogens with one attached hydrogen (secondary N) is 1. The van der Waals surface area contributed by atoms with E-state index in [1.54, 1.807) is 16.7 Å². The highest BCUT2D eigenvalue weighted by molar-refractivity contribution is 5.94. The molecule has 0 unspecified atom stereocenters. The van der Waals surface area contributed by atoms with Crippen molar-refractivity contribution in [1.82, 2.24) is 9.38 Å². The van der Waals surface area contributed by atoms with Gasteiger partial charge in [-0.15, -0.1) is 0 Å². The smallest absolute Gasteiger partial charge is 0.225 e. The van der Waals surface area contributed by atoms with E-state index in [1.807, 2.05) is 12.1 Å². The molecule has 0 aliphatic carbocycles. The maximum absolute atomic E-state index is 13.6. The largest absolute Gasteiger partial charge is 0.310 e. The summed E-state index contributed by atoms with van der Waals surface area (Å²) in [4.78, 5) is 16.7. The summed E-state index contributed by atoms with van der Waals surface area (Å²) in [5.74, 6) is -1.53. The van der Waals surface area contributed by atoms with Gasteiger partial charge in [0.05, 0.1) is 0 Å². The van der Waals surface area contributed by atoms with Crippen LogP contribution in [0.25, 0.3) is 16.9 Å². The number of amides is 1. The predicted molar refractivity (Wildman–Crippen MR) is 93.3 cm³/mol. The van der Waals surface area contributed by atoms with Crippen LogP contribution < -0.4 is 5.32 Å². The molecule has 25 heavy (non-hydrogen) atoms. The molecule has 0 saturated carbocycles. The van der Waals surface area contributed by atoms with Crippen LogP contribution in [-0.4, -0.2) is 15.3 Å². The Labute approximate surface area is 144 Å². The Morgan fingerprint density at radius 2 is 2.00 bits per heavy atom. The van der Waals surface area contributed by atoms with Gasteiger partial charge in [-0.1, -0.05) is 25.8 Å². The number of pyridine rings is 1. The fraction of sp³-hybridized carbons (Fsp3) is 0.263. The highest BCUT2D eigenvalue weighted by atomic mass is 19.2. The van der Waals surface area contributed by atoms with Crippen LogP contribution in [0.4, 0.5) is 14.6 Å². The van der Waals surface area contributed by atoms with E-state index in [9.17, 15) is 13.6 Å². The van der Waals surface area contributed by atoms with Crippen LogP contribution in [0.2, 0.25) is 0 Å². The van der Waals surface area contributed by atoms with Gasteiger partial charge in [0.25, 0.3) is 0 Å². The van der Waals surface area contributed by atoms with Crippen LogP contribution in [-0.2, 0) is 4.79 Å². The van der Waals surface area contributed by atoms with Crippen LogP contribution in [0.1, 0.15) is 32.6 Å². The molecule has 3 aromatic rings. The number of aromatic nitrogens is 2. The SMILES string of the molecule is CCCCCC(=O)Nc1c(-c2ccc(F)c(F)c2)nc2ccccn12. The first kappa shape index (κ1) is 17.1. The first-order chi connectivity index (χ1) is 12.1. The van der Waals surface area contributed by atoms with Crippen molar-refractivity contribution < 1.29 is 13.6 Å². The number of anilines is 1. The summed E-state index contributed by atoms with van der Waals surface area (Å²) in [5.41, 5.74) is 1.44. The Morgan fingerprint density at radius 1 is 1.16 bits per heavy atom. The average Bonchev–Trinajstić information content (AvgIpc) is 2.96. The summed E-state index contributed by atoms with van der Waals surface area (Å²) in [6.07, 6.45) is 5.00. The summed E-state index contributed by atoms with van der Waals surface area (Å²) < 4.78 is 28.6. The second-order valence-electron chi connectivity index (χ2n) is 5.87. The molecule has 0 spiro atoms. The van der Waals surface area contributed by atoms with E-state index in [1.165, 1.54) is 6.07 Å². The number of halogens is 2. The van der Waals surface area contributed by atoms with Gasteiger partial charge in [-0.2, -0.15) is 0 Å². The summed E-state index contributed by atoms with van der Waals surface area (Å²) >= 11 is 0. The Balaban J connectivity index is 2.00. The topological polar surface area (TPSA) is 46.4 Å². The Hall–Kier alpha value is -2.76. The van der Waals surface area contributed by atoms with E-state index in [0.717, 1.165) is 31.4 Å². The zero-order chi connectivity index (χ0) is 17.8. The molecule has 6 heteroatoms. The lowest BCUT2D eigenvalue weighted by molar-refractivity contribution is -0.116. The molecule has 0 radical (unpaired) electrons. The van der Waals surface area contributed by atoms with Crippen LogP contribution in [0.5, 0.6) is 0 Å². The van der Waals surface area contributed by atoms with Gasteiger partial charge < -0.3 is 5.32 Å². The second kappa shape index (κ2) is 7.42. The Kier molecular flexibility index (Phi) is 5.07. The number of carbonyl (C=O) groups is 1. The molecular formula is C19H19F2N3O. The van der Waals surface area contributed by atoms with E-state index in [0.29, 0.717) is 29.1 Å². The monoisotopic (exact) mass is 343 g/mol. The Morgan fingerprint density at radius 3 is 2.76 bits per heavy atom. The first-order valence-electron chi connectivity index (χ1n) is 8.32. The van der Waals surface area contributed by atoms with Crippen molar-refractivity contribution in [2.45, 2.75) is 32.6 Å². The van der Waals surface area contributed by atoms with Crippen molar-refractivity contribution in [2.75, 3.05) is 5.32 Å². The summed E-state index contributed by atoms with van der Waals surface area (Å²) in [7, 11) is 0. The van der Waals surface area contributed by atoms with Gasteiger partial charge in [-0.3, -0.25) is 9.20 Å². The molecule has 0 aliphatic rings. The van der Waals surface area contributed by atoms with Gasteiger partial charge in [-0.05, 0) is 36.8 Å². The molecule has 0 saturated heterocycles. The number of fused-ring (bicyclic) bond motifs is 1. The molecule has 2 aromatic heterocycles. The zero-order valence-electron chi connectivity index (χ0n) is 13.9. The molecule has 0 bridgehead atoms. The lowest BCUT2D eigenvalue weighted by Crippen LogP contribution is -2.13. The third-order valence-electron chi connectivity index (χ3n) is 3.99. The van der Waals surface area contributed by atoms with Crippen molar-refractivity contribution in [3.63, 3.8) is 0 Å². The summed E-state index contributed by atoms with van der Waals surface area (Å²) in [5, 5.41) is 2.87. The maximum atomic E-state index is 13.6. The van der Waals surface area contributed by atoms with Crippen molar-refractivity contribution in [3.8, 4) is 11.3 Å². The first-order valence-corrected chi connectivity index (χ1v) is 8.32.